The largest absolute Gasteiger partial charge is 0.382 e. The van der Waals surface area contributed by atoms with Crippen LogP contribution in [0.3, 0.4) is 0 Å². The van der Waals surface area contributed by atoms with Gasteiger partial charge in [0, 0.05) is 11.1 Å². The molecule has 0 aliphatic heterocycles. The third kappa shape index (κ3) is 4.37. The summed E-state index contributed by atoms with van der Waals surface area (Å²) < 4.78 is 29.7. The maximum absolute atomic E-state index is 12.4. The molecule has 0 unspecified atom stereocenters. The molecule has 26 heavy (non-hydrogen) atoms. The van der Waals surface area contributed by atoms with Gasteiger partial charge in [-0.15, -0.1) is 0 Å². The highest BCUT2D eigenvalue weighted by molar-refractivity contribution is 7.86. The van der Waals surface area contributed by atoms with E-state index >= 15 is 0 Å². The molecule has 0 fully saturated rings. The number of carbonyl (C=O) groups excluding carboxylic acids is 1. The Kier molecular flexibility index (Phi) is 5.19. The quantitative estimate of drug-likeness (QED) is 0.486. The molecule has 5 heteroatoms. The van der Waals surface area contributed by atoms with Crippen LogP contribution < -0.4 is 4.18 Å². The second-order valence-electron chi connectivity index (χ2n) is 5.93. The zero-order valence-corrected chi connectivity index (χ0v) is 15.1. The molecule has 3 aromatic rings. The lowest BCUT2D eigenvalue weighted by atomic mass is 10.0. The van der Waals surface area contributed by atoms with Crippen molar-refractivity contribution in [1.82, 2.24) is 0 Å². The van der Waals surface area contributed by atoms with Crippen LogP contribution in [-0.4, -0.2) is 14.2 Å². The maximum atomic E-state index is 12.4. The molecule has 0 heterocycles. The second kappa shape index (κ2) is 7.54. The maximum Gasteiger partial charge on any atom is 0.313 e. The van der Waals surface area contributed by atoms with Gasteiger partial charge in [-0.3, -0.25) is 4.79 Å². The average molecular weight is 366 g/mol. The van der Waals surface area contributed by atoms with Crippen LogP contribution in [0.2, 0.25) is 0 Å². The van der Waals surface area contributed by atoms with Gasteiger partial charge < -0.3 is 4.18 Å². The lowest BCUT2D eigenvalue weighted by Gasteiger charge is -2.09. The minimum absolute atomic E-state index is 0.125. The molecular formula is C21H18O4S. The summed E-state index contributed by atoms with van der Waals surface area (Å²) in [4.78, 5) is 12.4. The molecule has 0 saturated heterocycles. The lowest BCUT2D eigenvalue weighted by Crippen LogP contribution is -2.13. The van der Waals surface area contributed by atoms with Crippen LogP contribution in [0.4, 0.5) is 0 Å². The zero-order chi connectivity index (χ0) is 18.6. The van der Waals surface area contributed by atoms with Crippen molar-refractivity contribution in [1.29, 1.82) is 0 Å². The molecule has 0 aliphatic carbocycles. The van der Waals surface area contributed by atoms with Gasteiger partial charge in [0.05, 0.1) is 0 Å². The molecule has 0 bridgehead atoms. The van der Waals surface area contributed by atoms with Crippen LogP contribution >= 0.6 is 0 Å². The average Bonchev–Trinajstić information content (AvgIpc) is 2.64. The van der Waals surface area contributed by atoms with E-state index in [1.165, 1.54) is 12.1 Å². The van der Waals surface area contributed by atoms with Crippen molar-refractivity contribution in [3.05, 3.63) is 101 Å². The third-order valence-corrected chi connectivity index (χ3v) is 5.08. The molecule has 0 spiro atoms. The lowest BCUT2D eigenvalue weighted by molar-refractivity contribution is 0.103. The first-order chi connectivity index (χ1) is 12.4. The highest BCUT2D eigenvalue weighted by Crippen LogP contribution is 2.19. The van der Waals surface area contributed by atoms with Crippen molar-refractivity contribution in [2.24, 2.45) is 0 Å². The van der Waals surface area contributed by atoms with Crippen molar-refractivity contribution >= 4 is 15.9 Å². The monoisotopic (exact) mass is 366 g/mol. The Hall–Kier alpha value is -2.92. The van der Waals surface area contributed by atoms with Gasteiger partial charge in [-0.25, -0.2) is 0 Å². The minimum atomic E-state index is -3.78. The Morgan fingerprint density at radius 3 is 2.04 bits per heavy atom. The topological polar surface area (TPSA) is 60.4 Å². The van der Waals surface area contributed by atoms with Gasteiger partial charge in [0.1, 0.15) is 11.5 Å². The molecule has 0 aliphatic rings. The van der Waals surface area contributed by atoms with Crippen molar-refractivity contribution in [2.75, 3.05) is 0 Å². The summed E-state index contributed by atoms with van der Waals surface area (Å²) in [6.45, 7) is 1.86. The van der Waals surface area contributed by atoms with Gasteiger partial charge in [0.15, 0.2) is 5.78 Å². The number of benzene rings is 3. The Morgan fingerprint density at radius 1 is 0.808 bits per heavy atom. The van der Waals surface area contributed by atoms with Crippen molar-refractivity contribution in [2.45, 2.75) is 12.7 Å². The Balaban J connectivity index is 1.73. The Morgan fingerprint density at radius 2 is 1.38 bits per heavy atom. The third-order valence-electron chi connectivity index (χ3n) is 3.97. The van der Waals surface area contributed by atoms with E-state index in [2.05, 4.69) is 0 Å². The SMILES string of the molecule is Cc1ccccc1CS(=O)(=O)Oc1ccc(C(=O)c2ccccc2)cc1. The highest BCUT2D eigenvalue weighted by atomic mass is 32.2. The molecule has 0 N–H and O–H groups in total. The van der Waals surface area contributed by atoms with E-state index in [0.717, 1.165) is 5.56 Å². The van der Waals surface area contributed by atoms with Gasteiger partial charge in [-0.1, -0.05) is 54.6 Å². The van der Waals surface area contributed by atoms with E-state index in [-0.39, 0.29) is 17.3 Å². The van der Waals surface area contributed by atoms with Crippen molar-refractivity contribution < 1.29 is 17.4 Å². The molecule has 132 valence electrons. The van der Waals surface area contributed by atoms with Gasteiger partial charge in [-0.2, -0.15) is 8.42 Å². The van der Waals surface area contributed by atoms with Gasteiger partial charge in [0.2, 0.25) is 0 Å². The number of aryl methyl sites for hydroxylation is 1. The summed E-state index contributed by atoms with van der Waals surface area (Å²) in [7, 11) is -3.78. The van der Waals surface area contributed by atoms with Crippen molar-refractivity contribution in [3.8, 4) is 5.75 Å². The smallest absolute Gasteiger partial charge is 0.313 e. The molecule has 0 atom stereocenters. The summed E-state index contributed by atoms with van der Waals surface area (Å²) in [5.74, 6) is -0.146. The van der Waals surface area contributed by atoms with E-state index in [0.29, 0.717) is 16.7 Å². The standard InChI is InChI=1S/C21H18O4S/c1-16-7-5-6-10-19(16)15-26(23,24)25-20-13-11-18(12-14-20)21(22)17-8-3-2-4-9-17/h2-14H,15H2,1H3. The molecule has 0 radical (unpaired) electrons. The second-order valence-corrected chi connectivity index (χ2v) is 7.50. The normalized spacial score (nSPS) is 11.1. The van der Waals surface area contributed by atoms with Crippen molar-refractivity contribution in [3.63, 3.8) is 0 Å². The molecule has 0 amide bonds. The molecular weight excluding hydrogens is 348 g/mol. The number of carbonyl (C=O) groups is 1. The van der Waals surface area contributed by atoms with E-state index < -0.39 is 10.1 Å². The van der Waals surface area contributed by atoms with Crippen LogP contribution in [0.25, 0.3) is 0 Å². The van der Waals surface area contributed by atoms with Gasteiger partial charge in [-0.05, 0) is 42.3 Å². The zero-order valence-electron chi connectivity index (χ0n) is 14.3. The van der Waals surface area contributed by atoms with Gasteiger partial charge >= 0.3 is 10.1 Å². The van der Waals surface area contributed by atoms with Crippen LogP contribution in [-0.2, 0) is 15.9 Å². The summed E-state index contributed by atoms with van der Waals surface area (Å²) >= 11 is 0. The molecule has 0 saturated carbocycles. The first-order valence-electron chi connectivity index (χ1n) is 8.11. The first kappa shape index (κ1) is 17.9. The summed E-state index contributed by atoms with van der Waals surface area (Å²) in [5, 5.41) is 0. The fourth-order valence-electron chi connectivity index (χ4n) is 2.56. The number of hydrogen-bond donors (Lipinski definition) is 0. The fraction of sp³-hybridized carbons (Fsp3) is 0.0952. The van der Waals surface area contributed by atoms with E-state index in [9.17, 15) is 13.2 Å². The Bertz CT molecular complexity index is 1010. The predicted molar refractivity (Wildman–Crippen MR) is 101 cm³/mol. The molecule has 0 aromatic heterocycles. The van der Waals surface area contributed by atoms with Crippen LogP contribution in [0.5, 0.6) is 5.75 Å². The van der Waals surface area contributed by atoms with E-state index in [1.807, 2.05) is 25.1 Å². The molecule has 3 rings (SSSR count). The highest BCUT2D eigenvalue weighted by Gasteiger charge is 2.16. The summed E-state index contributed by atoms with van der Waals surface area (Å²) in [6, 6.07) is 22.3. The van der Waals surface area contributed by atoms with E-state index in [1.54, 1.807) is 48.5 Å². The number of ketones is 1. The predicted octanol–water partition coefficient (Wildman–Crippen LogP) is 4.13. The van der Waals surface area contributed by atoms with Crippen LogP contribution in [0.1, 0.15) is 27.0 Å². The minimum Gasteiger partial charge on any atom is -0.382 e. The van der Waals surface area contributed by atoms with E-state index in [4.69, 9.17) is 4.18 Å². The fourth-order valence-corrected chi connectivity index (χ4v) is 3.72. The molecule has 4 nitrogen and oxygen atoms in total. The van der Waals surface area contributed by atoms with Gasteiger partial charge in [0.25, 0.3) is 0 Å². The Labute approximate surface area is 153 Å². The van der Waals surface area contributed by atoms with Crippen LogP contribution in [0, 0.1) is 6.92 Å². The molecule has 3 aromatic carbocycles. The summed E-state index contributed by atoms with van der Waals surface area (Å²) in [5.41, 5.74) is 2.64. The number of rotatable bonds is 6. The van der Waals surface area contributed by atoms with Crippen LogP contribution in [0.15, 0.2) is 78.9 Å². The number of hydrogen-bond acceptors (Lipinski definition) is 4. The summed E-state index contributed by atoms with van der Waals surface area (Å²) in [6.07, 6.45) is 0. The first-order valence-corrected chi connectivity index (χ1v) is 9.69.